The van der Waals surface area contributed by atoms with E-state index in [1.807, 2.05) is 26.2 Å². The van der Waals surface area contributed by atoms with Crippen LogP contribution in [0.3, 0.4) is 0 Å². The van der Waals surface area contributed by atoms with Crippen LogP contribution in [0.1, 0.15) is 28.0 Å². The van der Waals surface area contributed by atoms with E-state index >= 15 is 0 Å². The third-order valence-corrected chi connectivity index (χ3v) is 4.62. The first kappa shape index (κ1) is 12.4. The highest BCUT2D eigenvalue weighted by atomic mass is 32.2. The van der Waals surface area contributed by atoms with Crippen LogP contribution in [0.25, 0.3) is 0 Å². The molecule has 0 radical (unpaired) electrons. The molecule has 6 heteroatoms. The van der Waals surface area contributed by atoms with Crippen molar-refractivity contribution in [3.05, 3.63) is 33.4 Å². The zero-order chi connectivity index (χ0) is 12.4. The summed E-state index contributed by atoms with van der Waals surface area (Å²) >= 11 is 1.54. The largest absolute Gasteiger partial charge is 0.445 e. The average molecular weight is 270 g/mol. The molecular formula is C11H14N2O2S2. The number of thiazole rings is 1. The lowest BCUT2D eigenvalue weighted by atomic mass is 10.4. The van der Waals surface area contributed by atoms with Gasteiger partial charge < -0.3 is 4.42 Å². The Morgan fingerprint density at radius 1 is 1.29 bits per heavy atom. The highest BCUT2D eigenvalue weighted by Crippen LogP contribution is 2.14. The van der Waals surface area contributed by atoms with Crippen LogP contribution < -0.4 is 0 Å². The van der Waals surface area contributed by atoms with Gasteiger partial charge in [0.2, 0.25) is 5.89 Å². The monoisotopic (exact) mass is 270 g/mol. The van der Waals surface area contributed by atoms with Gasteiger partial charge in [0.1, 0.15) is 16.5 Å². The molecule has 0 saturated carbocycles. The van der Waals surface area contributed by atoms with Crippen molar-refractivity contribution in [1.29, 1.82) is 0 Å². The molecule has 0 fully saturated rings. The van der Waals surface area contributed by atoms with Gasteiger partial charge in [-0.25, -0.2) is 9.97 Å². The van der Waals surface area contributed by atoms with Crippen LogP contribution >= 0.6 is 11.3 Å². The van der Waals surface area contributed by atoms with E-state index in [1.54, 1.807) is 11.3 Å². The second-order valence-corrected chi connectivity index (χ2v) is 6.26. The molecule has 0 aliphatic rings. The fourth-order valence-electron chi connectivity index (χ4n) is 1.40. The van der Waals surface area contributed by atoms with Gasteiger partial charge in [-0.15, -0.1) is 11.3 Å². The predicted molar refractivity (Wildman–Crippen MR) is 68.4 cm³/mol. The minimum atomic E-state index is -1.01. The fourth-order valence-corrected chi connectivity index (χ4v) is 3.46. The molecule has 0 amide bonds. The van der Waals surface area contributed by atoms with Crippen molar-refractivity contribution in [3.8, 4) is 0 Å². The SMILES string of the molecule is Cc1csc(C[S@](=O)Cc2nc(C)c(C)o2)n1. The highest BCUT2D eigenvalue weighted by molar-refractivity contribution is 7.83. The molecule has 0 unspecified atom stereocenters. The second-order valence-electron chi connectivity index (χ2n) is 3.86. The maximum absolute atomic E-state index is 11.9. The summed E-state index contributed by atoms with van der Waals surface area (Å²) < 4.78 is 17.3. The Morgan fingerprint density at radius 2 is 2.06 bits per heavy atom. The zero-order valence-electron chi connectivity index (χ0n) is 10.0. The molecule has 2 aromatic heterocycles. The van der Waals surface area contributed by atoms with Gasteiger partial charge >= 0.3 is 0 Å². The molecule has 0 aliphatic carbocycles. The number of rotatable bonds is 4. The van der Waals surface area contributed by atoms with Gasteiger partial charge in [-0.1, -0.05) is 0 Å². The van der Waals surface area contributed by atoms with E-state index in [9.17, 15) is 4.21 Å². The first-order chi connectivity index (χ1) is 8.04. The van der Waals surface area contributed by atoms with Crippen molar-refractivity contribution in [2.75, 3.05) is 0 Å². The van der Waals surface area contributed by atoms with Crippen molar-refractivity contribution in [2.45, 2.75) is 32.3 Å². The summed E-state index contributed by atoms with van der Waals surface area (Å²) in [4.78, 5) is 8.51. The standard InChI is InChI=1S/C11H14N2O2S2/c1-7-4-16-11(12-7)6-17(14)5-10-13-8(2)9(3)15-10/h4H,5-6H2,1-3H3/t17-/m1/s1. The van der Waals surface area contributed by atoms with Crippen molar-refractivity contribution in [3.63, 3.8) is 0 Å². The summed E-state index contributed by atoms with van der Waals surface area (Å²) in [5, 5.41) is 2.87. The van der Waals surface area contributed by atoms with Crippen molar-refractivity contribution in [1.82, 2.24) is 9.97 Å². The Labute approximate surface area is 107 Å². The summed E-state index contributed by atoms with van der Waals surface area (Å²) in [7, 11) is -1.01. The van der Waals surface area contributed by atoms with Crippen LogP contribution in [0, 0.1) is 20.8 Å². The summed E-state index contributed by atoms with van der Waals surface area (Å²) in [5.41, 5.74) is 1.84. The van der Waals surface area contributed by atoms with Gasteiger partial charge in [-0.2, -0.15) is 0 Å². The fraction of sp³-hybridized carbons (Fsp3) is 0.455. The third kappa shape index (κ3) is 3.23. The maximum Gasteiger partial charge on any atom is 0.207 e. The van der Waals surface area contributed by atoms with Gasteiger partial charge in [0, 0.05) is 21.9 Å². The molecule has 0 saturated heterocycles. The van der Waals surface area contributed by atoms with Gasteiger partial charge in [0.15, 0.2) is 0 Å². The Bertz CT molecular complexity index is 526. The van der Waals surface area contributed by atoms with Crippen LogP contribution in [0.15, 0.2) is 9.80 Å². The smallest absolute Gasteiger partial charge is 0.207 e. The molecule has 2 heterocycles. The Balaban J connectivity index is 1.97. The highest BCUT2D eigenvalue weighted by Gasteiger charge is 2.11. The lowest BCUT2D eigenvalue weighted by molar-refractivity contribution is 0.487. The summed E-state index contributed by atoms with van der Waals surface area (Å²) in [5.74, 6) is 2.17. The molecule has 0 aromatic carbocycles. The van der Waals surface area contributed by atoms with Crippen LogP contribution in [0.5, 0.6) is 0 Å². The van der Waals surface area contributed by atoms with Crippen molar-refractivity contribution < 1.29 is 8.63 Å². The normalized spacial score (nSPS) is 12.9. The minimum absolute atomic E-state index is 0.354. The number of nitrogens with zero attached hydrogens (tertiary/aromatic N) is 2. The zero-order valence-corrected chi connectivity index (χ0v) is 11.7. The Hall–Kier alpha value is -1.01. The molecular weight excluding hydrogens is 256 g/mol. The molecule has 92 valence electrons. The quantitative estimate of drug-likeness (QED) is 0.856. The third-order valence-electron chi connectivity index (χ3n) is 2.31. The maximum atomic E-state index is 11.9. The number of aryl methyl sites for hydroxylation is 3. The van der Waals surface area contributed by atoms with E-state index in [4.69, 9.17) is 4.42 Å². The lowest BCUT2D eigenvalue weighted by Gasteiger charge is -1.95. The van der Waals surface area contributed by atoms with Crippen LogP contribution in [0.2, 0.25) is 0 Å². The molecule has 0 spiro atoms. The summed E-state index contributed by atoms with van der Waals surface area (Å²) in [6, 6.07) is 0. The van der Waals surface area contributed by atoms with Gasteiger partial charge in [0.05, 0.1) is 11.4 Å². The number of oxazole rings is 1. The van der Waals surface area contributed by atoms with Crippen molar-refractivity contribution >= 4 is 22.1 Å². The number of hydrogen-bond donors (Lipinski definition) is 0. The summed E-state index contributed by atoms with van der Waals surface area (Å²) in [6.07, 6.45) is 0. The van der Waals surface area contributed by atoms with Gasteiger partial charge in [-0.3, -0.25) is 4.21 Å². The first-order valence-corrected chi connectivity index (χ1v) is 7.60. The van der Waals surface area contributed by atoms with Gasteiger partial charge in [0.25, 0.3) is 0 Å². The molecule has 2 rings (SSSR count). The first-order valence-electron chi connectivity index (χ1n) is 5.23. The van der Waals surface area contributed by atoms with E-state index in [-0.39, 0.29) is 0 Å². The second kappa shape index (κ2) is 5.10. The average Bonchev–Trinajstić information content (AvgIpc) is 2.75. The molecule has 2 aromatic rings. The topological polar surface area (TPSA) is 56.0 Å². The number of hydrogen-bond acceptors (Lipinski definition) is 5. The number of aromatic nitrogens is 2. The van der Waals surface area contributed by atoms with E-state index in [2.05, 4.69) is 9.97 Å². The predicted octanol–water partition coefficient (Wildman–Crippen LogP) is 2.51. The minimum Gasteiger partial charge on any atom is -0.445 e. The van der Waals surface area contributed by atoms with E-state index in [0.717, 1.165) is 22.2 Å². The molecule has 0 bridgehead atoms. The van der Waals surface area contributed by atoms with E-state index in [0.29, 0.717) is 17.4 Å². The Morgan fingerprint density at radius 3 is 2.59 bits per heavy atom. The van der Waals surface area contributed by atoms with Crippen LogP contribution in [-0.4, -0.2) is 14.2 Å². The van der Waals surface area contributed by atoms with E-state index < -0.39 is 10.8 Å². The van der Waals surface area contributed by atoms with Gasteiger partial charge in [-0.05, 0) is 20.8 Å². The Kier molecular flexibility index (Phi) is 3.73. The van der Waals surface area contributed by atoms with Crippen LogP contribution in [0.4, 0.5) is 0 Å². The molecule has 0 aliphatic heterocycles. The van der Waals surface area contributed by atoms with Crippen LogP contribution in [-0.2, 0) is 22.3 Å². The van der Waals surface area contributed by atoms with Crippen molar-refractivity contribution in [2.24, 2.45) is 0 Å². The molecule has 0 N–H and O–H groups in total. The lowest BCUT2D eigenvalue weighted by Crippen LogP contribution is -1.99. The molecule has 1 atom stereocenters. The molecule has 17 heavy (non-hydrogen) atoms. The summed E-state index contributed by atoms with van der Waals surface area (Å²) in [6.45, 7) is 5.68. The molecule has 4 nitrogen and oxygen atoms in total. The van der Waals surface area contributed by atoms with E-state index in [1.165, 1.54) is 0 Å².